The first-order chi connectivity index (χ1) is 38.2. The SMILES string of the molecule is Cc1cc2c3c(c1)N1c4c(cc(C(C)(C)C)cc4-n4c5ccc(C(C)(C)C)cc5c5cc(C(C)(C)C)cc1c54)B3c1ccc(-n3c4ccc(C(C)(C)C)cc4c4cc(C(C)(C)C)ccc43)cc1N2c1ccc2c(c1)oc1ccccc12. The molecule has 5 nitrogen and oxygen atoms in total. The van der Waals surface area contributed by atoms with E-state index in [9.17, 15) is 0 Å². The number of fused-ring (bicyclic) bond motifs is 15. The van der Waals surface area contributed by atoms with Crippen LogP contribution in [-0.4, -0.2) is 15.8 Å². The minimum atomic E-state index is -0.143. The lowest BCUT2D eigenvalue weighted by atomic mass is 9.33. The maximum atomic E-state index is 6.77. The van der Waals surface area contributed by atoms with Crippen molar-refractivity contribution in [1.29, 1.82) is 0 Å². The minimum Gasteiger partial charge on any atom is -0.456 e. The maximum absolute atomic E-state index is 6.77. The number of furan rings is 1. The molecule has 81 heavy (non-hydrogen) atoms. The molecule has 0 fully saturated rings. The molecule has 6 heterocycles. The Morgan fingerprint density at radius 3 is 1.46 bits per heavy atom. The van der Waals surface area contributed by atoms with Crippen molar-refractivity contribution >= 4 is 123 Å². The summed E-state index contributed by atoms with van der Waals surface area (Å²) in [5.74, 6) is 0. The van der Waals surface area contributed by atoms with Crippen LogP contribution in [0.3, 0.4) is 0 Å². The smallest absolute Gasteiger partial charge is 0.252 e. The predicted octanol–water partition coefficient (Wildman–Crippen LogP) is 19.0. The van der Waals surface area contributed by atoms with E-state index in [2.05, 4.69) is 281 Å². The fourth-order valence-corrected chi connectivity index (χ4v) is 14.0. The van der Waals surface area contributed by atoms with Crippen LogP contribution in [0.15, 0.2) is 156 Å². The fraction of sp³-hybridized carbons (Fsp3) is 0.280. The van der Waals surface area contributed by atoms with Crippen LogP contribution in [0, 0.1) is 6.92 Å². The number of rotatable bonds is 2. The molecule has 0 amide bonds. The number of aryl methyl sites for hydroxylation is 1. The highest BCUT2D eigenvalue weighted by Crippen LogP contribution is 2.55. The topological polar surface area (TPSA) is 29.5 Å². The average Bonchev–Trinajstić information content (AvgIpc) is 2.58. The van der Waals surface area contributed by atoms with Gasteiger partial charge >= 0.3 is 0 Å². The quantitative estimate of drug-likeness (QED) is 0.162. The fourth-order valence-electron chi connectivity index (χ4n) is 14.0. The zero-order valence-electron chi connectivity index (χ0n) is 50.2. The van der Waals surface area contributed by atoms with Crippen molar-refractivity contribution in [3.8, 4) is 11.4 Å². The second-order valence-electron chi connectivity index (χ2n) is 29.3. The molecule has 15 rings (SSSR count). The predicted molar refractivity (Wildman–Crippen MR) is 348 cm³/mol. The van der Waals surface area contributed by atoms with Gasteiger partial charge in [0.05, 0.1) is 39.1 Å². The number of hydrogen-bond donors (Lipinski definition) is 0. The summed E-state index contributed by atoms with van der Waals surface area (Å²) in [4.78, 5) is 5.27. The lowest BCUT2D eigenvalue weighted by Gasteiger charge is -2.47. The number of benzene rings is 9. The summed E-state index contributed by atoms with van der Waals surface area (Å²) in [6, 6.07) is 59.5. The van der Waals surface area contributed by atoms with Crippen molar-refractivity contribution in [2.75, 3.05) is 9.80 Å². The average molecular weight is 1060 g/mol. The summed E-state index contributed by atoms with van der Waals surface area (Å²) in [6.07, 6.45) is 0. The Labute approximate surface area is 477 Å². The van der Waals surface area contributed by atoms with E-state index in [4.69, 9.17) is 4.42 Å². The first kappa shape index (κ1) is 50.0. The Bertz CT molecular complexity index is 4680. The van der Waals surface area contributed by atoms with Crippen molar-refractivity contribution in [1.82, 2.24) is 9.13 Å². The highest BCUT2D eigenvalue weighted by atomic mass is 16.3. The van der Waals surface area contributed by atoms with E-state index in [0.29, 0.717) is 0 Å². The van der Waals surface area contributed by atoms with E-state index in [-0.39, 0.29) is 33.8 Å². The third-order valence-electron chi connectivity index (χ3n) is 18.6. The summed E-state index contributed by atoms with van der Waals surface area (Å²) in [7, 11) is 0. The van der Waals surface area contributed by atoms with E-state index in [1.54, 1.807) is 0 Å². The Hall–Kier alpha value is -7.96. The van der Waals surface area contributed by atoms with Gasteiger partial charge in [-0.25, -0.2) is 0 Å². The number of aromatic nitrogens is 2. The van der Waals surface area contributed by atoms with Gasteiger partial charge in [-0.2, -0.15) is 0 Å². The Morgan fingerprint density at radius 1 is 0.346 bits per heavy atom. The molecule has 0 aliphatic carbocycles. The Balaban J connectivity index is 1.07. The highest BCUT2D eigenvalue weighted by Gasteiger charge is 2.47. The van der Waals surface area contributed by atoms with E-state index < -0.39 is 0 Å². The van der Waals surface area contributed by atoms with E-state index in [1.165, 1.54) is 128 Å². The van der Waals surface area contributed by atoms with Gasteiger partial charge in [0, 0.05) is 66.8 Å². The van der Waals surface area contributed by atoms with Crippen molar-refractivity contribution in [3.05, 3.63) is 185 Å². The molecular formula is C75H73BN4O. The van der Waals surface area contributed by atoms with E-state index >= 15 is 0 Å². The first-order valence-corrected chi connectivity index (χ1v) is 29.4. The molecule has 6 heteroatoms. The van der Waals surface area contributed by atoms with Gasteiger partial charge in [0.2, 0.25) is 0 Å². The molecule has 3 aromatic heterocycles. The van der Waals surface area contributed by atoms with Gasteiger partial charge < -0.3 is 23.4 Å². The van der Waals surface area contributed by atoms with Gasteiger partial charge in [-0.1, -0.05) is 152 Å². The summed E-state index contributed by atoms with van der Waals surface area (Å²) in [6.45, 7) is 37.4. The molecule has 0 radical (unpaired) electrons. The van der Waals surface area contributed by atoms with Crippen molar-refractivity contribution < 1.29 is 4.42 Å². The van der Waals surface area contributed by atoms with Crippen LogP contribution in [0.4, 0.5) is 34.1 Å². The molecule has 0 N–H and O–H groups in total. The van der Waals surface area contributed by atoms with E-state index in [1.807, 2.05) is 0 Å². The molecular weight excluding hydrogens is 984 g/mol. The number of nitrogens with zero attached hydrogens (tertiary/aromatic N) is 4. The Morgan fingerprint density at radius 2 is 0.852 bits per heavy atom. The van der Waals surface area contributed by atoms with Crippen LogP contribution in [0.2, 0.25) is 0 Å². The first-order valence-electron chi connectivity index (χ1n) is 29.4. The van der Waals surface area contributed by atoms with Crippen molar-refractivity contribution in [2.45, 2.75) is 138 Å². The van der Waals surface area contributed by atoms with Gasteiger partial charge in [0.1, 0.15) is 11.2 Å². The van der Waals surface area contributed by atoms with E-state index in [0.717, 1.165) is 33.3 Å². The largest absolute Gasteiger partial charge is 0.456 e. The maximum Gasteiger partial charge on any atom is 0.252 e. The zero-order chi connectivity index (χ0) is 56.5. The summed E-state index contributed by atoms with van der Waals surface area (Å²) in [5.41, 5.74) is 27.9. The molecule has 402 valence electrons. The standard InChI is InChI=1S/C75H73BN4O/c1-42-31-62-68-63(32-42)80-64-38-46(74(11,12)13)36-55-54-35-45(73(8,9)10)23-30-60(54)79(69(55)64)65-39-47(75(14,15)16)37-57(70(65)80)76(68)56-27-25-48(40-61(56)78(62)49-24-26-51-50-19-17-18-20-66(50)81-67(51)41-49)77-58-28-21-43(71(2,3)4)33-52(58)53-34-44(72(5,6)7)22-29-59(53)77/h17-41H,1-16H3. The monoisotopic (exact) mass is 1060 g/mol. The molecule has 12 aromatic rings. The summed E-state index contributed by atoms with van der Waals surface area (Å²) < 4.78 is 11.9. The molecule has 0 saturated carbocycles. The second kappa shape index (κ2) is 16.2. The van der Waals surface area contributed by atoms with Gasteiger partial charge in [-0.05, 0) is 181 Å². The summed E-state index contributed by atoms with van der Waals surface area (Å²) in [5, 5.41) is 7.44. The van der Waals surface area contributed by atoms with Gasteiger partial charge in [0.15, 0.2) is 0 Å². The molecule has 0 spiro atoms. The Kier molecular flexibility index (Phi) is 9.98. The third kappa shape index (κ3) is 7.17. The molecule has 0 atom stereocenters. The van der Waals surface area contributed by atoms with Crippen LogP contribution in [0.5, 0.6) is 0 Å². The summed E-state index contributed by atoms with van der Waals surface area (Å²) >= 11 is 0. The molecule has 0 unspecified atom stereocenters. The number of hydrogen-bond acceptors (Lipinski definition) is 3. The van der Waals surface area contributed by atoms with Crippen LogP contribution < -0.4 is 26.2 Å². The number of para-hydroxylation sites is 1. The van der Waals surface area contributed by atoms with Crippen LogP contribution in [0.1, 0.15) is 137 Å². The van der Waals surface area contributed by atoms with Crippen LogP contribution in [-0.2, 0) is 27.1 Å². The minimum absolute atomic E-state index is 0.00580. The normalized spacial score (nSPS) is 14.3. The zero-order valence-corrected chi connectivity index (χ0v) is 50.2. The highest BCUT2D eigenvalue weighted by molar-refractivity contribution is 7.00. The molecule has 3 aliphatic heterocycles. The van der Waals surface area contributed by atoms with Crippen LogP contribution >= 0.6 is 0 Å². The van der Waals surface area contributed by atoms with Crippen LogP contribution in [0.25, 0.3) is 76.9 Å². The molecule has 0 bridgehead atoms. The third-order valence-corrected chi connectivity index (χ3v) is 18.6. The molecule has 9 aromatic carbocycles. The second-order valence-corrected chi connectivity index (χ2v) is 29.3. The van der Waals surface area contributed by atoms with Crippen molar-refractivity contribution in [2.24, 2.45) is 0 Å². The molecule has 3 aliphatic rings. The lowest BCUT2D eigenvalue weighted by Crippen LogP contribution is -2.62. The van der Waals surface area contributed by atoms with Crippen molar-refractivity contribution in [3.63, 3.8) is 0 Å². The number of anilines is 6. The van der Waals surface area contributed by atoms with Gasteiger partial charge in [0.25, 0.3) is 6.71 Å². The lowest BCUT2D eigenvalue weighted by molar-refractivity contribution is 0.590. The molecule has 0 saturated heterocycles. The van der Waals surface area contributed by atoms with Gasteiger partial charge in [-0.3, -0.25) is 0 Å². The van der Waals surface area contributed by atoms with Gasteiger partial charge in [-0.15, -0.1) is 0 Å².